The van der Waals surface area contributed by atoms with E-state index in [0.717, 1.165) is 44.2 Å². The van der Waals surface area contributed by atoms with E-state index in [4.69, 9.17) is 9.72 Å². The zero-order valence-corrected chi connectivity index (χ0v) is 18.8. The van der Waals surface area contributed by atoms with Crippen molar-refractivity contribution in [3.63, 3.8) is 0 Å². The quantitative estimate of drug-likeness (QED) is 0.773. The molecule has 2 amide bonds. The third kappa shape index (κ3) is 4.34. The molecule has 1 N–H and O–H groups in total. The van der Waals surface area contributed by atoms with E-state index in [1.165, 1.54) is 19.3 Å². The van der Waals surface area contributed by atoms with Gasteiger partial charge in [-0.3, -0.25) is 14.4 Å². The lowest BCUT2D eigenvalue weighted by Gasteiger charge is -2.31. The number of hydrogen-bond donors (Lipinski definition) is 1. The normalized spacial score (nSPS) is 26.4. The predicted octanol–water partition coefficient (Wildman–Crippen LogP) is 2.47. The molecule has 0 aromatic carbocycles. The first-order chi connectivity index (χ1) is 15.6. The third-order valence-corrected chi connectivity index (χ3v) is 7.68. The van der Waals surface area contributed by atoms with Crippen LogP contribution >= 0.6 is 0 Å². The van der Waals surface area contributed by atoms with E-state index in [-0.39, 0.29) is 29.5 Å². The highest BCUT2D eigenvalue weighted by Gasteiger charge is 2.37. The Morgan fingerprint density at radius 2 is 1.88 bits per heavy atom. The van der Waals surface area contributed by atoms with Gasteiger partial charge in [-0.2, -0.15) is 0 Å². The van der Waals surface area contributed by atoms with Crippen molar-refractivity contribution in [1.29, 1.82) is 0 Å². The second kappa shape index (κ2) is 9.33. The average molecular weight is 443 g/mol. The van der Waals surface area contributed by atoms with Crippen LogP contribution in [-0.2, 0) is 27.3 Å². The van der Waals surface area contributed by atoms with Crippen molar-refractivity contribution in [2.24, 2.45) is 5.92 Å². The fraction of sp³-hybridized carbons (Fsp3) is 0.750. The number of aromatic amines is 1. The van der Waals surface area contributed by atoms with Gasteiger partial charge in [0, 0.05) is 32.5 Å². The monoisotopic (exact) mass is 442 g/mol. The van der Waals surface area contributed by atoms with Gasteiger partial charge in [0.25, 0.3) is 11.5 Å². The molecule has 1 aromatic rings. The van der Waals surface area contributed by atoms with Gasteiger partial charge < -0.3 is 19.5 Å². The summed E-state index contributed by atoms with van der Waals surface area (Å²) >= 11 is 0. The average Bonchev–Trinajstić information content (AvgIpc) is 3.51. The van der Waals surface area contributed by atoms with E-state index in [2.05, 4.69) is 4.98 Å². The molecule has 0 spiro atoms. The topological polar surface area (TPSA) is 95.6 Å². The van der Waals surface area contributed by atoms with Crippen LogP contribution < -0.4 is 5.56 Å². The number of rotatable bonds is 4. The SMILES string of the molecule is O=C(CC1CCCCC1)N1CCc2nc([C@@H]3CCCN3C(=O)[C@H]3CCCO3)[nH]c(=O)c2C1. The molecule has 4 aliphatic rings. The van der Waals surface area contributed by atoms with Gasteiger partial charge >= 0.3 is 0 Å². The van der Waals surface area contributed by atoms with Gasteiger partial charge in [-0.1, -0.05) is 19.3 Å². The summed E-state index contributed by atoms with van der Waals surface area (Å²) in [6.07, 6.45) is 10.2. The summed E-state index contributed by atoms with van der Waals surface area (Å²) in [5.74, 6) is 1.26. The standard InChI is InChI=1S/C24H34N4O4/c29-21(14-16-6-2-1-3-7-16)27-12-10-18-17(15-27)23(30)26-22(25-18)19-8-4-11-28(19)24(31)20-9-5-13-32-20/h16,19-20H,1-15H2,(H,25,26,30)/t19-,20+/m0/s1. The zero-order chi connectivity index (χ0) is 22.1. The molecular formula is C24H34N4O4. The maximum absolute atomic E-state index is 13.0. The second-order valence-electron chi connectivity index (χ2n) is 9.84. The lowest BCUT2D eigenvalue weighted by atomic mass is 9.86. The summed E-state index contributed by atoms with van der Waals surface area (Å²) in [4.78, 5) is 50.2. The number of nitrogens with one attached hydrogen (secondary N) is 1. The van der Waals surface area contributed by atoms with Crippen molar-refractivity contribution >= 4 is 11.8 Å². The maximum Gasteiger partial charge on any atom is 0.256 e. The van der Waals surface area contributed by atoms with Crippen molar-refractivity contribution in [3.05, 3.63) is 27.4 Å². The smallest absolute Gasteiger partial charge is 0.256 e. The molecule has 0 unspecified atom stereocenters. The third-order valence-electron chi connectivity index (χ3n) is 7.68. The van der Waals surface area contributed by atoms with Crippen molar-refractivity contribution in [2.45, 2.75) is 89.3 Å². The molecule has 1 aromatic heterocycles. The van der Waals surface area contributed by atoms with Crippen molar-refractivity contribution in [1.82, 2.24) is 19.8 Å². The molecule has 2 atom stereocenters. The molecule has 1 aliphatic carbocycles. The molecule has 2 saturated heterocycles. The Balaban J connectivity index is 1.29. The van der Waals surface area contributed by atoms with E-state index in [1.54, 1.807) is 0 Å². The Hall–Kier alpha value is -2.22. The van der Waals surface area contributed by atoms with Gasteiger partial charge in [0.1, 0.15) is 11.9 Å². The molecule has 32 heavy (non-hydrogen) atoms. The van der Waals surface area contributed by atoms with Crippen molar-refractivity contribution < 1.29 is 14.3 Å². The summed E-state index contributed by atoms with van der Waals surface area (Å²) in [6.45, 7) is 2.26. The van der Waals surface area contributed by atoms with Crippen LogP contribution in [0, 0.1) is 5.92 Å². The van der Waals surface area contributed by atoms with E-state index in [1.807, 2.05) is 9.80 Å². The fourth-order valence-corrected chi connectivity index (χ4v) is 5.85. The highest BCUT2D eigenvalue weighted by Crippen LogP contribution is 2.32. The number of likely N-dealkylation sites (tertiary alicyclic amines) is 1. The number of ether oxygens (including phenoxy) is 1. The minimum Gasteiger partial charge on any atom is -0.368 e. The lowest BCUT2D eigenvalue weighted by molar-refractivity contribution is -0.142. The fourth-order valence-electron chi connectivity index (χ4n) is 5.85. The van der Waals surface area contributed by atoms with Gasteiger partial charge in [0.05, 0.1) is 23.8 Å². The molecule has 3 aliphatic heterocycles. The van der Waals surface area contributed by atoms with Crippen LogP contribution in [0.25, 0.3) is 0 Å². The van der Waals surface area contributed by atoms with E-state index < -0.39 is 0 Å². The summed E-state index contributed by atoms with van der Waals surface area (Å²) in [7, 11) is 0. The number of carbonyl (C=O) groups excluding carboxylic acids is 2. The maximum atomic E-state index is 13.0. The van der Waals surface area contributed by atoms with Crippen LogP contribution in [0.2, 0.25) is 0 Å². The molecule has 4 heterocycles. The summed E-state index contributed by atoms with van der Waals surface area (Å²) in [5.41, 5.74) is 1.21. The van der Waals surface area contributed by atoms with E-state index >= 15 is 0 Å². The largest absolute Gasteiger partial charge is 0.368 e. The van der Waals surface area contributed by atoms with Crippen LogP contribution in [0.3, 0.4) is 0 Å². The highest BCUT2D eigenvalue weighted by atomic mass is 16.5. The summed E-state index contributed by atoms with van der Waals surface area (Å²) in [6, 6.07) is -0.198. The van der Waals surface area contributed by atoms with Crippen LogP contribution in [0.4, 0.5) is 0 Å². The van der Waals surface area contributed by atoms with Crippen LogP contribution in [0.5, 0.6) is 0 Å². The van der Waals surface area contributed by atoms with Gasteiger partial charge in [0.2, 0.25) is 5.91 Å². The van der Waals surface area contributed by atoms with Gasteiger partial charge in [0.15, 0.2) is 0 Å². The molecular weight excluding hydrogens is 408 g/mol. The minimum absolute atomic E-state index is 0.0184. The minimum atomic E-state index is -0.358. The molecule has 5 rings (SSSR count). The molecule has 174 valence electrons. The molecule has 0 radical (unpaired) electrons. The van der Waals surface area contributed by atoms with Gasteiger partial charge in [-0.25, -0.2) is 4.98 Å². The van der Waals surface area contributed by atoms with Crippen molar-refractivity contribution in [3.8, 4) is 0 Å². The summed E-state index contributed by atoms with van der Waals surface area (Å²) in [5, 5.41) is 0. The second-order valence-corrected chi connectivity index (χ2v) is 9.84. The van der Waals surface area contributed by atoms with Crippen LogP contribution in [0.1, 0.15) is 87.3 Å². The molecule has 3 fully saturated rings. The Morgan fingerprint density at radius 3 is 2.66 bits per heavy atom. The van der Waals surface area contributed by atoms with Gasteiger partial charge in [-0.05, 0) is 44.4 Å². The first kappa shape index (κ1) is 21.6. The number of amides is 2. The molecule has 0 bridgehead atoms. The molecule has 8 nitrogen and oxygen atoms in total. The highest BCUT2D eigenvalue weighted by molar-refractivity contribution is 5.81. The number of H-pyrrole nitrogens is 1. The molecule has 8 heteroatoms. The van der Waals surface area contributed by atoms with Crippen molar-refractivity contribution in [2.75, 3.05) is 19.7 Å². The first-order valence-corrected chi connectivity index (χ1v) is 12.4. The Kier molecular flexibility index (Phi) is 6.31. The van der Waals surface area contributed by atoms with Crippen LogP contribution in [-0.4, -0.2) is 57.4 Å². The Labute approximate surface area is 188 Å². The predicted molar refractivity (Wildman–Crippen MR) is 118 cm³/mol. The number of aromatic nitrogens is 2. The first-order valence-electron chi connectivity index (χ1n) is 12.4. The number of fused-ring (bicyclic) bond motifs is 1. The zero-order valence-electron chi connectivity index (χ0n) is 18.8. The number of carbonyl (C=O) groups is 2. The van der Waals surface area contributed by atoms with Crippen LogP contribution in [0.15, 0.2) is 4.79 Å². The summed E-state index contributed by atoms with van der Waals surface area (Å²) < 4.78 is 5.59. The number of nitrogens with zero attached hydrogens (tertiary/aromatic N) is 3. The van der Waals surface area contributed by atoms with E-state index in [0.29, 0.717) is 56.4 Å². The molecule has 1 saturated carbocycles. The van der Waals surface area contributed by atoms with Gasteiger partial charge in [-0.15, -0.1) is 0 Å². The lowest BCUT2D eigenvalue weighted by Crippen LogP contribution is -2.42. The number of hydrogen-bond acceptors (Lipinski definition) is 5. The Morgan fingerprint density at radius 1 is 1.03 bits per heavy atom. The van der Waals surface area contributed by atoms with E-state index in [9.17, 15) is 14.4 Å². The Bertz CT molecular complexity index is 917.